The molecule has 0 spiro atoms. The molecule has 3 aromatic rings. The standard InChI is InChI=1S/C20H22N4O2/c1-23-12-15(20-16(23)5-4-6-17(20)26-3)13-24(2)19(25)10-8-14-7-9-18(21)22-11-14/h4-12H,13H2,1-3H3,(H2,21,22)/b10-8+. The Bertz CT molecular complexity index is 958. The zero-order valence-corrected chi connectivity index (χ0v) is 15.1. The molecule has 0 saturated carbocycles. The summed E-state index contributed by atoms with van der Waals surface area (Å²) in [4.78, 5) is 18.1. The first kappa shape index (κ1) is 17.5. The molecule has 0 saturated heterocycles. The first-order valence-electron chi connectivity index (χ1n) is 8.25. The fourth-order valence-corrected chi connectivity index (χ4v) is 2.94. The summed E-state index contributed by atoms with van der Waals surface area (Å²) >= 11 is 0. The van der Waals surface area contributed by atoms with Crippen LogP contribution in [0.5, 0.6) is 5.75 Å². The summed E-state index contributed by atoms with van der Waals surface area (Å²) in [6.45, 7) is 0.487. The number of amides is 1. The van der Waals surface area contributed by atoms with Gasteiger partial charge in [-0.25, -0.2) is 4.98 Å². The number of likely N-dealkylation sites (N-methyl/N-ethyl adjacent to an activating group) is 1. The maximum atomic E-state index is 12.4. The Morgan fingerprint density at radius 3 is 2.85 bits per heavy atom. The first-order chi connectivity index (χ1) is 12.5. The van der Waals surface area contributed by atoms with E-state index in [0.29, 0.717) is 12.4 Å². The van der Waals surface area contributed by atoms with Gasteiger partial charge in [0, 0.05) is 50.1 Å². The molecule has 2 N–H and O–H groups in total. The number of rotatable bonds is 5. The normalized spacial score (nSPS) is 11.2. The number of nitrogens with zero attached hydrogens (tertiary/aromatic N) is 3. The number of carbonyl (C=O) groups excluding carboxylic acids is 1. The summed E-state index contributed by atoms with van der Waals surface area (Å²) in [6, 6.07) is 9.46. The number of hydrogen-bond acceptors (Lipinski definition) is 4. The van der Waals surface area contributed by atoms with Crippen LogP contribution in [0, 0.1) is 0 Å². The Kier molecular flexibility index (Phi) is 4.93. The lowest BCUT2D eigenvalue weighted by molar-refractivity contribution is -0.125. The van der Waals surface area contributed by atoms with Crippen LogP contribution in [0.3, 0.4) is 0 Å². The lowest BCUT2D eigenvalue weighted by Gasteiger charge is -2.15. The minimum Gasteiger partial charge on any atom is -0.496 e. The van der Waals surface area contributed by atoms with Gasteiger partial charge in [0.1, 0.15) is 11.6 Å². The van der Waals surface area contributed by atoms with Gasteiger partial charge in [0.05, 0.1) is 12.6 Å². The van der Waals surface area contributed by atoms with Crippen LogP contribution in [-0.2, 0) is 18.4 Å². The van der Waals surface area contributed by atoms with Crippen molar-refractivity contribution in [2.75, 3.05) is 19.9 Å². The Labute approximate surface area is 152 Å². The van der Waals surface area contributed by atoms with Crippen molar-refractivity contribution < 1.29 is 9.53 Å². The highest BCUT2D eigenvalue weighted by atomic mass is 16.5. The van der Waals surface area contributed by atoms with E-state index < -0.39 is 0 Å². The molecular formula is C20H22N4O2. The average Bonchev–Trinajstić information content (AvgIpc) is 2.96. The second-order valence-corrected chi connectivity index (χ2v) is 6.16. The highest BCUT2D eigenvalue weighted by Gasteiger charge is 2.14. The van der Waals surface area contributed by atoms with Crippen molar-refractivity contribution in [1.29, 1.82) is 0 Å². The Morgan fingerprint density at radius 2 is 2.15 bits per heavy atom. The number of nitrogen functional groups attached to an aromatic ring is 1. The fourth-order valence-electron chi connectivity index (χ4n) is 2.94. The van der Waals surface area contributed by atoms with E-state index >= 15 is 0 Å². The molecule has 0 fully saturated rings. The molecule has 0 aliphatic heterocycles. The van der Waals surface area contributed by atoms with E-state index in [2.05, 4.69) is 4.98 Å². The van der Waals surface area contributed by atoms with Gasteiger partial charge in [0.15, 0.2) is 0 Å². The number of anilines is 1. The highest BCUT2D eigenvalue weighted by Crippen LogP contribution is 2.30. The first-order valence-corrected chi connectivity index (χ1v) is 8.25. The van der Waals surface area contributed by atoms with Gasteiger partial charge in [-0.2, -0.15) is 0 Å². The van der Waals surface area contributed by atoms with E-state index in [1.165, 1.54) is 6.08 Å². The predicted molar refractivity (Wildman–Crippen MR) is 104 cm³/mol. The van der Waals surface area contributed by atoms with Crippen LogP contribution in [-0.4, -0.2) is 34.5 Å². The smallest absolute Gasteiger partial charge is 0.246 e. The maximum absolute atomic E-state index is 12.4. The summed E-state index contributed by atoms with van der Waals surface area (Å²) in [5.41, 5.74) is 8.50. The van der Waals surface area contributed by atoms with E-state index in [1.54, 1.807) is 37.4 Å². The van der Waals surface area contributed by atoms with Crippen LogP contribution in [0.4, 0.5) is 5.82 Å². The second kappa shape index (κ2) is 7.31. The Morgan fingerprint density at radius 1 is 1.35 bits per heavy atom. The van der Waals surface area contributed by atoms with Crippen LogP contribution < -0.4 is 10.5 Å². The molecule has 26 heavy (non-hydrogen) atoms. The Hall–Kier alpha value is -3.28. The fraction of sp³-hybridized carbons (Fsp3) is 0.200. The molecule has 134 valence electrons. The molecule has 1 aromatic carbocycles. The Balaban J connectivity index is 1.79. The summed E-state index contributed by atoms with van der Waals surface area (Å²) in [5.74, 6) is 1.17. The van der Waals surface area contributed by atoms with Gasteiger partial charge in [-0.15, -0.1) is 0 Å². The molecule has 0 unspecified atom stereocenters. The number of benzene rings is 1. The van der Waals surface area contributed by atoms with E-state index in [-0.39, 0.29) is 5.91 Å². The number of ether oxygens (including phenoxy) is 1. The van der Waals surface area contributed by atoms with Crippen molar-refractivity contribution in [2.45, 2.75) is 6.54 Å². The molecule has 2 aromatic heterocycles. The minimum atomic E-state index is -0.0891. The van der Waals surface area contributed by atoms with Crippen molar-refractivity contribution in [2.24, 2.45) is 7.05 Å². The molecule has 1 amide bonds. The van der Waals surface area contributed by atoms with Crippen LogP contribution in [0.2, 0.25) is 0 Å². The third-order valence-electron chi connectivity index (χ3n) is 4.29. The van der Waals surface area contributed by atoms with E-state index in [4.69, 9.17) is 10.5 Å². The van der Waals surface area contributed by atoms with Crippen LogP contribution >= 0.6 is 0 Å². The van der Waals surface area contributed by atoms with Gasteiger partial charge in [-0.05, 0) is 35.9 Å². The average molecular weight is 350 g/mol. The van der Waals surface area contributed by atoms with E-state index in [1.807, 2.05) is 42.1 Å². The van der Waals surface area contributed by atoms with Gasteiger partial charge in [0.25, 0.3) is 0 Å². The number of carbonyl (C=O) groups is 1. The lowest BCUT2D eigenvalue weighted by atomic mass is 10.1. The van der Waals surface area contributed by atoms with Gasteiger partial charge in [-0.3, -0.25) is 4.79 Å². The molecule has 0 bridgehead atoms. The zero-order valence-electron chi connectivity index (χ0n) is 15.1. The third-order valence-corrected chi connectivity index (χ3v) is 4.29. The van der Waals surface area contributed by atoms with Crippen molar-refractivity contribution >= 4 is 28.7 Å². The number of fused-ring (bicyclic) bond motifs is 1. The van der Waals surface area contributed by atoms with E-state index in [9.17, 15) is 4.79 Å². The summed E-state index contributed by atoms with van der Waals surface area (Å²) in [6.07, 6.45) is 6.93. The highest BCUT2D eigenvalue weighted by molar-refractivity contribution is 5.93. The zero-order chi connectivity index (χ0) is 18.7. The predicted octanol–water partition coefficient (Wildman–Crippen LogP) is 2.84. The third kappa shape index (κ3) is 3.54. The summed E-state index contributed by atoms with van der Waals surface area (Å²) in [5, 5.41) is 1.03. The topological polar surface area (TPSA) is 73.4 Å². The molecule has 6 nitrogen and oxygen atoms in total. The molecule has 0 atom stereocenters. The SMILES string of the molecule is COc1cccc2c1c(CN(C)C(=O)/C=C/c1ccc(N)nc1)cn2C. The van der Waals surface area contributed by atoms with Crippen molar-refractivity contribution in [3.8, 4) is 5.75 Å². The second-order valence-electron chi connectivity index (χ2n) is 6.16. The van der Waals surface area contributed by atoms with Crippen molar-refractivity contribution in [3.63, 3.8) is 0 Å². The molecule has 2 heterocycles. The number of methoxy groups -OCH3 is 1. The quantitative estimate of drug-likeness (QED) is 0.718. The summed E-state index contributed by atoms with van der Waals surface area (Å²) in [7, 11) is 5.42. The molecule has 0 aliphatic rings. The lowest BCUT2D eigenvalue weighted by Crippen LogP contribution is -2.24. The van der Waals surface area contributed by atoms with Crippen LogP contribution in [0.15, 0.2) is 48.8 Å². The maximum Gasteiger partial charge on any atom is 0.246 e. The number of aromatic nitrogens is 2. The number of aryl methyl sites for hydroxylation is 1. The molecular weight excluding hydrogens is 328 g/mol. The summed E-state index contributed by atoms with van der Waals surface area (Å²) < 4.78 is 7.53. The van der Waals surface area contributed by atoms with Crippen molar-refractivity contribution in [1.82, 2.24) is 14.5 Å². The van der Waals surface area contributed by atoms with Gasteiger partial charge < -0.3 is 19.9 Å². The largest absolute Gasteiger partial charge is 0.496 e. The van der Waals surface area contributed by atoms with Crippen LogP contribution in [0.1, 0.15) is 11.1 Å². The minimum absolute atomic E-state index is 0.0891. The van der Waals surface area contributed by atoms with Crippen molar-refractivity contribution in [3.05, 3.63) is 59.9 Å². The van der Waals surface area contributed by atoms with Crippen LogP contribution in [0.25, 0.3) is 17.0 Å². The molecule has 0 aliphatic carbocycles. The molecule has 0 radical (unpaired) electrons. The van der Waals surface area contributed by atoms with Gasteiger partial charge >= 0.3 is 0 Å². The number of nitrogens with two attached hydrogens (primary N) is 1. The molecule has 6 heteroatoms. The van der Waals surface area contributed by atoms with E-state index in [0.717, 1.165) is 27.8 Å². The number of pyridine rings is 1. The van der Waals surface area contributed by atoms with Gasteiger partial charge in [0.2, 0.25) is 5.91 Å². The van der Waals surface area contributed by atoms with Gasteiger partial charge in [-0.1, -0.05) is 6.07 Å². The molecule has 3 rings (SSSR count). The monoisotopic (exact) mass is 350 g/mol. The number of hydrogen-bond donors (Lipinski definition) is 1.